The molecule has 2 aromatic heterocycles. The lowest BCUT2D eigenvalue weighted by Crippen LogP contribution is -1.95. The molecule has 0 unspecified atom stereocenters. The van der Waals surface area contributed by atoms with Crippen molar-refractivity contribution in [2.75, 3.05) is 5.73 Å². The molecule has 102 valence electrons. The van der Waals surface area contributed by atoms with Crippen LogP contribution in [0.1, 0.15) is 10.7 Å². The Balaban J connectivity index is 1.92. The van der Waals surface area contributed by atoms with Gasteiger partial charge in [-0.05, 0) is 17.5 Å². The maximum absolute atomic E-state index is 13.7. The van der Waals surface area contributed by atoms with Gasteiger partial charge >= 0.3 is 0 Å². The summed E-state index contributed by atoms with van der Waals surface area (Å²) in [5.74, 6) is -1.18. The molecular formula is C13H9F2N3OS. The van der Waals surface area contributed by atoms with Gasteiger partial charge in [-0.3, -0.25) is 0 Å². The van der Waals surface area contributed by atoms with Gasteiger partial charge in [0.05, 0.1) is 11.3 Å². The van der Waals surface area contributed by atoms with E-state index in [1.54, 1.807) is 11.3 Å². The van der Waals surface area contributed by atoms with Crippen LogP contribution in [0.4, 0.5) is 14.5 Å². The summed E-state index contributed by atoms with van der Waals surface area (Å²) in [6, 6.07) is 5.71. The van der Waals surface area contributed by atoms with Crippen LogP contribution >= 0.6 is 11.3 Å². The molecule has 3 aromatic rings. The van der Waals surface area contributed by atoms with Crippen molar-refractivity contribution in [3.8, 4) is 11.5 Å². The van der Waals surface area contributed by atoms with E-state index in [9.17, 15) is 8.78 Å². The lowest BCUT2D eigenvalue weighted by atomic mass is 10.2. The number of nitrogen functional groups attached to an aromatic ring is 1. The Morgan fingerprint density at radius 2 is 2.10 bits per heavy atom. The SMILES string of the molecule is Nc1cc(-c2nc(Cc3cccs3)no2)c(F)cc1F. The summed E-state index contributed by atoms with van der Waals surface area (Å²) in [6.45, 7) is 0. The minimum absolute atomic E-state index is 0.00571. The van der Waals surface area contributed by atoms with Crippen LogP contribution in [0, 0.1) is 11.6 Å². The largest absolute Gasteiger partial charge is 0.396 e. The van der Waals surface area contributed by atoms with Gasteiger partial charge in [-0.1, -0.05) is 11.2 Å². The Morgan fingerprint density at radius 1 is 1.25 bits per heavy atom. The molecule has 7 heteroatoms. The number of hydrogen-bond donors (Lipinski definition) is 1. The van der Waals surface area contributed by atoms with Crippen LogP contribution in [0.3, 0.4) is 0 Å². The van der Waals surface area contributed by atoms with Crippen molar-refractivity contribution in [1.82, 2.24) is 10.1 Å². The fourth-order valence-corrected chi connectivity index (χ4v) is 2.44. The van der Waals surface area contributed by atoms with E-state index in [0.29, 0.717) is 18.3 Å². The highest BCUT2D eigenvalue weighted by Gasteiger charge is 2.16. The van der Waals surface area contributed by atoms with Crippen molar-refractivity contribution < 1.29 is 13.3 Å². The van der Waals surface area contributed by atoms with Crippen LogP contribution in [0.15, 0.2) is 34.2 Å². The second-order valence-corrected chi connectivity index (χ2v) is 5.16. The molecule has 0 radical (unpaired) electrons. The Labute approximate surface area is 116 Å². The molecule has 0 bridgehead atoms. The molecule has 20 heavy (non-hydrogen) atoms. The third-order valence-corrected chi connectivity index (χ3v) is 3.57. The summed E-state index contributed by atoms with van der Waals surface area (Å²) in [4.78, 5) is 5.16. The first-order valence-electron chi connectivity index (χ1n) is 5.73. The summed E-state index contributed by atoms with van der Waals surface area (Å²) in [7, 11) is 0. The van der Waals surface area contributed by atoms with Crippen molar-refractivity contribution in [1.29, 1.82) is 0 Å². The average molecular weight is 293 g/mol. The van der Waals surface area contributed by atoms with E-state index in [2.05, 4.69) is 10.1 Å². The standard InChI is InChI=1S/C13H9F2N3OS/c14-9-6-10(15)11(16)5-8(9)13-17-12(18-19-13)4-7-2-1-3-20-7/h1-3,5-6H,4,16H2. The van der Waals surface area contributed by atoms with Gasteiger partial charge in [0.1, 0.15) is 11.6 Å². The van der Waals surface area contributed by atoms with Crippen LogP contribution in [-0.4, -0.2) is 10.1 Å². The van der Waals surface area contributed by atoms with Gasteiger partial charge in [-0.2, -0.15) is 4.98 Å². The molecule has 4 nitrogen and oxygen atoms in total. The second-order valence-electron chi connectivity index (χ2n) is 4.13. The van der Waals surface area contributed by atoms with Gasteiger partial charge < -0.3 is 10.3 Å². The third kappa shape index (κ3) is 2.39. The van der Waals surface area contributed by atoms with E-state index in [4.69, 9.17) is 10.3 Å². The normalized spacial score (nSPS) is 10.9. The number of nitrogens with zero attached hydrogens (tertiary/aromatic N) is 2. The van der Waals surface area contributed by atoms with E-state index < -0.39 is 11.6 Å². The van der Waals surface area contributed by atoms with Crippen LogP contribution < -0.4 is 5.73 Å². The summed E-state index contributed by atoms with van der Waals surface area (Å²) in [6.07, 6.45) is 0.499. The first-order valence-corrected chi connectivity index (χ1v) is 6.61. The number of thiophene rings is 1. The van der Waals surface area contributed by atoms with Crippen LogP contribution in [0.25, 0.3) is 11.5 Å². The summed E-state index contributed by atoms with van der Waals surface area (Å²) in [5, 5.41) is 5.72. The fourth-order valence-electron chi connectivity index (χ4n) is 1.73. The Bertz CT molecular complexity index is 740. The minimum Gasteiger partial charge on any atom is -0.396 e. The number of nitrogens with two attached hydrogens (primary N) is 1. The molecule has 0 saturated carbocycles. The predicted molar refractivity (Wildman–Crippen MR) is 71.2 cm³/mol. The van der Waals surface area contributed by atoms with Crippen molar-refractivity contribution in [3.05, 3.63) is 52.0 Å². The summed E-state index contributed by atoms with van der Waals surface area (Å²) >= 11 is 1.57. The van der Waals surface area contributed by atoms with Crippen LogP contribution in [-0.2, 0) is 6.42 Å². The molecule has 2 heterocycles. The first kappa shape index (κ1) is 12.7. The third-order valence-electron chi connectivity index (χ3n) is 2.70. The van der Waals surface area contributed by atoms with Crippen LogP contribution in [0.2, 0.25) is 0 Å². The van der Waals surface area contributed by atoms with E-state index in [0.717, 1.165) is 10.9 Å². The monoisotopic (exact) mass is 293 g/mol. The zero-order valence-electron chi connectivity index (χ0n) is 10.1. The van der Waals surface area contributed by atoms with Crippen molar-refractivity contribution in [2.45, 2.75) is 6.42 Å². The van der Waals surface area contributed by atoms with Gasteiger partial charge in [0, 0.05) is 17.4 Å². The summed E-state index contributed by atoms with van der Waals surface area (Å²) in [5.41, 5.74) is 5.24. The molecule has 2 N–H and O–H groups in total. The topological polar surface area (TPSA) is 64.9 Å². The van der Waals surface area contributed by atoms with Gasteiger partial charge in [0.2, 0.25) is 0 Å². The Morgan fingerprint density at radius 3 is 2.85 bits per heavy atom. The Kier molecular flexibility index (Phi) is 3.19. The van der Waals surface area contributed by atoms with E-state index in [-0.39, 0.29) is 17.1 Å². The van der Waals surface area contributed by atoms with Crippen molar-refractivity contribution in [2.24, 2.45) is 0 Å². The molecular weight excluding hydrogens is 284 g/mol. The number of anilines is 1. The highest BCUT2D eigenvalue weighted by Crippen LogP contribution is 2.26. The fraction of sp³-hybridized carbons (Fsp3) is 0.0769. The highest BCUT2D eigenvalue weighted by atomic mass is 32.1. The van der Waals surface area contributed by atoms with E-state index in [1.165, 1.54) is 0 Å². The number of hydrogen-bond acceptors (Lipinski definition) is 5. The molecule has 0 amide bonds. The maximum Gasteiger partial charge on any atom is 0.260 e. The number of rotatable bonds is 3. The van der Waals surface area contributed by atoms with Crippen molar-refractivity contribution in [3.63, 3.8) is 0 Å². The van der Waals surface area contributed by atoms with Gasteiger partial charge in [-0.25, -0.2) is 8.78 Å². The molecule has 0 atom stereocenters. The average Bonchev–Trinajstić information content (AvgIpc) is 3.06. The second kappa shape index (κ2) is 5.01. The summed E-state index contributed by atoms with van der Waals surface area (Å²) < 4.78 is 31.8. The first-order chi connectivity index (χ1) is 9.63. The molecule has 0 spiro atoms. The lowest BCUT2D eigenvalue weighted by Gasteiger charge is -2.00. The van der Waals surface area contributed by atoms with Gasteiger partial charge in [0.15, 0.2) is 5.82 Å². The quantitative estimate of drug-likeness (QED) is 0.753. The molecule has 0 aliphatic rings. The number of halogens is 2. The molecule has 1 aromatic carbocycles. The maximum atomic E-state index is 13.7. The zero-order valence-corrected chi connectivity index (χ0v) is 11.0. The smallest absolute Gasteiger partial charge is 0.260 e. The van der Waals surface area contributed by atoms with Gasteiger partial charge in [-0.15, -0.1) is 11.3 Å². The lowest BCUT2D eigenvalue weighted by molar-refractivity contribution is 0.421. The molecule has 0 saturated heterocycles. The molecule has 3 rings (SSSR count). The minimum atomic E-state index is -0.815. The van der Waals surface area contributed by atoms with E-state index in [1.807, 2.05) is 17.5 Å². The molecule has 0 aliphatic carbocycles. The van der Waals surface area contributed by atoms with Crippen LogP contribution in [0.5, 0.6) is 0 Å². The zero-order chi connectivity index (χ0) is 14.1. The van der Waals surface area contributed by atoms with Gasteiger partial charge in [0.25, 0.3) is 5.89 Å². The predicted octanol–water partition coefficient (Wildman–Crippen LogP) is 3.25. The number of benzene rings is 1. The molecule has 0 fully saturated rings. The molecule has 0 aliphatic heterocycles. The number of aromatic nitrogens is 2. The van der Waals surface area contributed by atoms with E-state index >= 15 is 0 Å². The Hall–Kier alpha value is -2.28. The van der Waals surface area contributed by atoms with Crippen molar-refractivity contribution >= 4 is 17.0 Å². The highest BCUT2D eigenvalue weighted by molar-refractivity contribution is 7.09.